The van der Waals surface area contributed by atoms with Crippen molar-refractivity contribution < 1.29 is 0 Å². The lowest BCUT2D eigenvalue weighted by molar-refractivity contribution is 0.374. The molecule has 22 heavy (non-hydrogen) atoms. The molecule has 0 atom stereocenters. The van der Waals surface area contributed by atoms with Crippen molar-refractivity contribution in [1.29, 1.82) is 0 Å². The summed E-state index contributed by atoms with van der Waals surface area (Å²) in [5.41, 5.74) is 2.52. The fraction of sp³-hybridized carbons (Fsp3) is 0.444. The molecule has 0 aliphatic rings. The number of pyridine rings is 2. The molecular weight excluding hydrogens is 315 g/mol. The maximum atomic E-state index is 6.02. The first kappa shape index (κ1) is 17.2. The van der Waals surface area contributed by atoms with Gasteiger partial charge in [-0.2, -0.15) is 0 Å². The maximum Gasteiger partial charge on any atom is 0.129 e. The second kappa shape index (κ2) is 6.55. The number of halogens is 2. The van der Waals surface area contributed by atoms with E-state index in [1.54, 1.807) is 6.20 Å². The SMILES string of the molecule is CC(C)(CCC(C)(C)c1ccnc(Cl)c1)c1ccc(Cl)nc1. The Morgan fingerprint density at radius 2 is 1.45 bits per heavy atom. The van der Waals surface area contributed by atoms with Crippen LogP contribution in [0.25, 0.3) is 0 Å². The lowest BCUT2D eigenvalue weighted by Crippen LogP contribution is -2.24. The topological polar surface area (TPSA) is 25.8 Å². The molecule has 0 saturated carbocycles. The molecule has 2 rings (SSSR count). The predicted octanol–water partition coefficient (Wildman–Crippen LogP) is 5.82. The molecule has 2 aromatic rings. The number of hydrogen-bond donors (Lipinski definition) is 0. The second-order valence-corrected chi connectivity index (χ2v) is 7.78. The van der Waals surface area contributed by atoms with E-state index in [0.717, 1.165) is 12.8 Å². The van der Waals surface area contributed by atoms with E-state index in [4.69, 9.17) is 23.2 Å². The zero-order valence-corrected chi connectivity index (χ0v) is 15.0. The highest BCUT2D eigenvalue weighted by Gasteiger charge is 2.27. The van der Waals surface area contributed by atoms with Crippen LogP contribution < -0.4 is 0 Å². The Morgan fingerprint density at radius 3 is 2.00 bits per heavy atom. The van der Waals surface area contributed by atoms with Crippen LogP contribution in [0.1, 0.15) is 51.7 Å². The zero-order chi connectivity index (χ0) is 16.4. The van der Waals surface area contributed by atoms with E-state index in [1.165, 1.54) is 11.1 Å². The van der Waals surface area contributed by atoms with Crippen molar-refractivity contribution in [3.8, 4) is 0 Å². The second-order valence-electron chi connectivity index (χ2n) is 7.00. The molecule has 0 amide bonds. The average Bonchev–Trinajstić information content (AvgIpc) is 2.46. The normalized spacial score (nSPS) is 12.5. The van der Waals surface area contributed by atoms with Gasteiger partial charge in [0.05, 0.1) is 0 Å². The molecule has 2 aromatic heterocycles. The summed E-state index contributed by atoms with van der Waals surface area (Å²) >= 11 is 11.9. The van der Waals surface area contributed by atoms with Gasteiger partial charge in [-0.1, -0.05) is 57.0 Å². The van der Waals surface area contributed by atoms with Crippen LogP contribution in [0, 0.1) is 0 Å². The van der Waals surface area contributed by atoms with Crippen LogP contribution in [0.4, 0.5) is 0 Å². The van der Waals surface area contributed by atoms with Crippen molar-refractivity contribution in [2.24, 2.45) is 0 Å². The fourth-order valence-corrected chi connectivity index (χ4v) is 2.80. The Balaban J connectivity index is 2.11. The van der Waals surface area contributed by atoms with Crippen molar-refractivity contribution >= 4 is 23.2 Å². The monoisotopic (exact) mass is 336 g/mol. The lowest BCUT2D eigenvalue weighted by Gasteiger charge is -2.32. The quantitative estimate of drug-likeness (QED) is 0.643. The first-order valence-electron chi connectivity index (χ1n) is 7.45. The fourth-order valence-electron chi connectivity index (χ4n) is 2.51. The van der Waals surface area contributed by atoms with Gasteiger partial charge in [0, 0.05) is 12.4 Å². The summed E-state index contributed by atoms with van der Waals surface area (Å²) in [7, 11) is 0. The van der Waals surface area contributed by atoms with E-state index in [0.29, 0.717) is 10.3 Å². The first-order valence-corrected chi connectivity index (χ1v) is 8.20. The van der Waals surface area contributed by atoms with Crippen molar-refractivity contribution in [2.45, 2.75) is 51.4 Å². The summed E-state index contributed by atoms with van der Waals surface area (Å²) in [5, 5.41) is 1.08. The summed E-state index contributed by atoms with van der Waals surface area (Å²) in [6.07, 6.45) is 5.73. The molecular formula is C18H22Cl2N2. The van der Waals surface area contributed by atoms with E-state index in [2.05, 4.69) is 43.7 Å². The van der Waals surface area contributed by atoms with Crippen molar-refractivity contribution in [3.63, 3.8) is 0 Å². The summed E-state index contributed by atoms with van der Waals surface area (Å²) in [4.78, 5) is 8.26. The summed E-state index contributed by atoms with van der Waals surface area (Å²) < 4.78 is 0. The molecule has 0 aromatic carbocycles. The van der Waals surface area contributed by atoms with E-state index >= 15 is 0 Å². The highest BCUT2D eigenvalue weighted by molar-refractivity contribution is 6.29. The van der Waals surface area contributed by atoms with Crippen molar-refractivity contribution in [2.75, 3.05) is 0 Å². The van der Waals surface area contributed by atoms with Gasteiger partial charge in [0.25, 0.3) is 0 Å². The Labute approximate surface area is 142 Å². The van der Waals surface area contributed by atoms with Gasteiger partial charge in [-0.15, -0.1) is 0 Å². The van der Waals surface area contributed by atoms with E-state index in [1.807, 2.05) is 24.4 Å². The molecule has 4 heteroatoms. The minimum absolute atomic E-state index is 0.0453. The van der Waals surface area contributed by atoms with E-state index < -0.39 is 0 Å². The maximum absolute atomic E-state index is 6.02. The van der Waals surface area contributed by atoms with E-state index in [-0.39, 0.29) is 10.8 Å². The molecule has 2 nitrogen and oxygen atoms in total. The van der Waals surface area contributed by atoms with Gasteiger partial charge >= 0.3 is 0 Å². The van der Waals surface area contributed by atoms with Crippen LogP contribution in [-0.4, -0.2) is 9.97 Å². The van der Waals surface area contributed by atoms with Crippen LogP contribution in [0.2, 0.25) is 10.3 Å². The third-order valence-electron chi connectivity index (χ3n) is 4.39. The lowest BCUT2D eigenvalue weighted by atomic mass is 9.73. The van der Waals surface area contributed by atoms with Crippen LogP contribution in [0.15, 0.2) is 36.7 Å². The largest absolute Gasteiger partial charge is 0.245 e. The van der Waals surface area contributed by atoms with Crippen LogP contribution in [0.3, 0.4) is 0 Å². The number of aromatic nitrogens is 2. The molecule has 0 N–H and O–H groups in total. The average molecular weight is 337 g/mol. The molecule has 0 fully saturated rings. The van der Waals surface area contributed by atoms with Gasteiger partial charge in [0.2, 0.25) is 0 Å². The number of rotatable bonds is 5. The highest BCUT2D eigenvalue weighted by atomic mass is 35.5. The van der Waals surface area contributed by atoms with Crippen molar-refractivity contribution in [1.82, 2.24) is 9.97 Å². The summed E-state index contributed by atoms with van der Waals surface area (Å²) in [5.74, 6) is 0. The third-order valence-corrected chi connectivity index (χ3v) is 4.82. The molecule has 0 bridgehead atoms. The van der Waals surface area contributed by atoms with Gasteiger partial charge in [-0.05, 0) is 53.0 Å². The van der Waals surface area contributed by atoms with Gasteiger partial charge in [0.1, 0.15) is 10.3 Å². The minimum Gasteiger partial charge on any atom is -0.245 e. The van der Waals surface area contributed by atoms with Crippen LogP contribution in [0.5, 0.6) is 0 Å². The Morgan fingerprint density at radius 1 is 0.818 bits per heavy atom. The smallest absolute Gasteiger partial charge is 0.129 e. The first-order chi connectivity index (χ1) is 10.2. The summed E-state index contributed by atoms with van der Waals surface area (Å²) in [6, 6.07) is 7.92. The van der Waals surface area contributed by atoms with Gasteiger partial charge < -0.3 is 0 Å². The molecule has 0 radical (unpaired) electrons. The molecule has 118 valence electrons. The van der Waals surface area contributed by atoms with Gasteiger partial charge in [-0.3, -0.25) is 0 Å². The minimum atomic E-state index is 0.0453. The van der Waals surface area contributed by atoms with Crippen LogP contribution >= 0.6 is 23.2 Å². The number of hydrogen-bond acceptors (Lipinski definition) is 2. The zero-order valence-electron chi connectivity index (χ0n) is 13.5. The molecule has 0 spiro atoms. The highest BCUT2D eigenvalue weighted by Crippen LogP contribution is 2.36. The molecule has 0 unspecified atom stereocenters. The molecule has 0 saturated heterocycles. The molecule has 0 aliphatic carbocycles. The molecule has 2 heterocycles. The summed E-state index contributed by atoms with van der Waals surface area (Å²) in [6.45, 7) is 8.98. The van der Waals surface area contributed by atoms with Gasteiger partial charge in [0.15, 0.2) is 0 Å². The van der Waals surface area contributed by atoms with E-state index in [9.17, 15) is 0 Å². The van der Waals surface area contributed by atoms with Crippen LogP contribution in [-0.2, 0) is 10.8 Å². The standard InChI is InChI=1S/C18H22Cl2N2/c1-17(2,13-7-10-21-16(20)11-13)8-9-18(3,4)14-5-6-15(19)22-12-14/h5-7,10-12H,8-9H2,1-4H3. The third kappa shape index (κ3) is 4.21. The Bertz CT molecular complexity index is 634. The van der Waals surface area contributed by atoms with Crippen molar-refractivity contribution in [3.05, 3.63) is 58.1 Å². The Kier molecular flexibility index (Phi) is 5.14. The predicted molar refractivity (Wildman–Crippen MR) is 93.8 cm³/mol. The molecule has 0 aliphatic heterocycles. The number of nitrogens with zero attached hydrogens (tertiary/aromatic N) is 2. The van der Waals surface area contributed by atoms with Gasteiger partial charge in [-0.25, -0.2) is 9.97 Å². The Hall–Kier alpha value is -1.12.